The van der Waals surface area contributed by atoms with E-state index in [1.54, 1.807) is 0 Å². The molecule has 0 radical (unpaired) electrons. The van der Waals surface area contributed by atoms with Crippen LogP contribution in [0.1, 0.15) is 0 Å². The lowest BCUT2D eigenvalue weighted by Gasteiger charge is -2.19. The summed E-state index contributed by atoms with van der Waals surface area (Å²) in [4.78, 5) is 0. The third-order valence-corrected chi connectivity index (χ3v) is 16.3. The molecule has 0 bridgehead atoms. The topological polar surface area (TPSA) is 0 Å². The second-order valence-corrected chi connectivity index (χ2v) is 20.2. The van der Waals surface area contributed by atoms with Gasteiger partial charge in [0.25, 0.3) is 0 Å². The summed E-state index contributed by atoms with van der Waals surface area (Å²) in [6, 6.07) is 100. The van der Waals surface area contributed by atoms with Gasteiger partial charge >= 0.3 is 0 Å². The van der Waals surface area contributed by atoms with Gasteiger partial charge in [0.2, 0.25) is 0 Å². The first kappa shape index (κ1) is 41.0. The number of rotatable bonds is 4. The Kier molecular flexibility index (Phi) is 8.84. The fourth-order valence-corrected chi connectivity index (χ4v) is 13.0. The Labute approximate surface area is 427 Å². The highest BCUT2D eigenvalue weighted by molar-refractivity contribution is 6.40. The molecule has 0 aliphatic carbocycles. The molecule has 0 aliphatic rings. The van der Waals surface area contributed by atoms with Crippen molar-refractivity contribution in [1.82, 2.24) is 0 Å². The minimum Gasteiger partial charge on any atom is -0.0616 e. The summed E-state index contributed by atoms with van der Waals surface area (Å²) in [6.07, 6.45) is 0. The Bertz CT molecular complexity index is 4740. The van der Waals surface area contributed by atoms with Crippen LogP contribution in [0.4, 0.5) is 0 Å². The van der Waals surface area contributed by atoms with Crippen molar-refractivity contribution in [2.75, 3.05) is 0 Å². The number of fused-ring (bicyclic) bond motifs is 19. The summed E-state index contributed by atoms with van der Waals surface area (Å²) < 4.78 is 0. The molecule has 0 fully saturated rings. The van der Waals surface area contributed by atoms with Crippen molar-refractivity contribution in [2.45, 2.75) is 0 Å². The maximum Gasteiger partial charge on any atom is -0.00137 e. The molecule has 0 heteroatoms. The zero-order chi connectivity index (χ0) is 48.4. The maximum absolute atomic E-state index is 2.49. The summed E-state index contributed by atoms with van der Waals surface area (Å²) >= 11 is 0. The predicted octanol–water partition coefficient (Wildman–Crippen LogP) is 21.0. The standard InChI is InChI=1S/C74H44/c1-3-19-53-45(15-1)17-13-29-55(53)47-31-33-49-41-69(61-25-7-5-23-59(61)67(49)39-47)51-35-37-63-57-21-9-12-28-66(57)74-72-44-52(36-38-64(72)58-22-10-11-27-65(58)73(74)71(63)43-51)70-42-50-34-32-48(40-68(50)60-24-6-8-26-62(60)70)56-30-14-18-46-16-2-4-20-54(46)56/h1-44H. The average molecular weight is 933 g/mol. The van der Waals surface area contributed by atoms with Gasteiger partial charge in [-0.05, 0) is 199 Å². The summed E-state index contributed by atoms with van der Waals surface area (Å²) in [6.45, 7) is 0. The Morgan fingerprint density at radius 1 is 0.135 bits per heavy atom. The molecule has 340 valence electrons. The molecular weight excluding hydrogens is 889 g/mol. The molecule has 0 atom stereocenters. The molecule has 0 nitrogen and oxygen atoms in total. The lowest BCUT2D eigenvalue weighted by atomic mass is 9.84. The lowest BCUT2D eigenvalue weighted by Crippen LogP contribution is -1.91. The van der Waals surface area contributed by atoms with E-state index in [-0.39, 0.29) is 0 Å². The smallest absolute Gasteiger partial charge is 0.00137 e. The quantitative estimate of drug-likeness (QED) is 0.154. The van der Waals surface area contributed by atoms with Gasteiger partial charge in [0.05, 0.1) is 0 Å². The van der Waals surface area contributed by atoms with E-state index >= 15 is 0 Å². The molecule has 16 aromatic rings. The van der Waals surface area contributed by atoms with Gasteiger partial charge in [0.1, 0.15) is 0 Å². The average Bonchev–Trinajstić information content (AvgIpc) is 3.48. The Morgan fingerprint density at radius 3 is 0.865 bits per heavy atom. The first-order valence-corrected chi connectivity index (χ1v) is 25.8. The number of benzene rings is 16. The molecule has 16 rings (SSSR count). The molecule has 0 amide bonds. The Hall–Kier alpha value is -9.62. The number of hydrogen-bond donors (Lipinski definition) is 0. The van der Waals surface area contributed by atoms with Crippen LogP contribution in [0.15, 0.2) is 267 Å². The van der Waals surface area contributed by atoms with Gasteiger partial charge < -0.3 is 0 Å². The van der Waals surface area contributed by atoms with Crippen molar-refractivity contribution in [2.24, 2.45) is 0 Å². The normalized spacial score (nSPS) is 12.1. The van der Waals surface area contributed by atoms with Gasteiger partial charge in [0.15, 0.2) is 0 Å². The Morgan fingerprint density at radius 2 is 0.432 bits per heavy atom. The molecule has 0 aliphatic heterocycles. The van der Waals surface area contributed by atoms with Crippen LogP contribution < -0.4 is 0 Å². The van der Waals surface area contributed by atoms with Crippen molar-refractivity contribution >= 4 is 118 Å². The van der Waals surface area contributed by atoms with Crippen LogP contribution in [0.25, 0.3) is 163 Å². The van der Waals surface area contributed by atoms with Crippen LogP contribution in [0.3, 0.4) is 0 Å². The summed E-state index contributed by atoms with van der Waals surface area (Å²) in [5.41, 5.74) is 9.91. The molecule has 0 saturated heterocycles. The molecule has 0 unspecified atom stereocenters. The minimum atomic E-state index is 1.22. The second kappa shape index (κ2) is 15.9. The fraction of sp³-hybridized carbons (Fsp3) is 0. The monoisotopic (exact) mass is 932 g/mol. The van der Waals surface area contributed by atoms with Gasteiger partial charge in [-0.3, -0.25) is 0 Å². The zero-order valence-electron chi connectivity index (χ0n) is 40.4. The molecule has 0 spiro atoms. The van der Waals surface area contributed by atoms with Crippen LogP contribution in [-0.4, -0.2) is 0 Å². The third-order valence-electron chi connectivity index (χ3n) is 16.3. The van der Waals surface area contributed by atoms with E-state index in [1.165, 1.54) is 163 Å². The summed E-state index contributed by atoms with van der Waals surface area (Å²) in [5.74, 6) is 0. The number of hydrogen-bond acceptors (Lipinski definition) is 0. The molecule has 16 aromatic carbocycles. The van der Waals surface area contributed by atoms with Gasteiger partial charge in [0, 0.05) is 0 Å². The summed E-state index contributed by atoms with van der Waals surface area (Å²) in [7, 11) is 0. The van der Waals surface area contributed by atoms with Crippen LogP contribution >= 0.6 is 0 Å². The van der Waals surface area contributed by atoms with Crippen LogP contribution in [0.5, 0.6) is 0 Å². The Balaban J connectivity index is 0.925. The zero-order valence-corrected chi connectivity index (χ0v) is 40.4. The van der Waals surface area contributed by atoms with Crippen molar-refractivity contribution in [3.8, 4) is 44.5 Å². The molecule has 0 heterocycles. The minimum absolute atomic E-state index is 1.22. The lowest BCUT2D eigenvalue weighted by molar-refractivity contribution is 1.68. The van der Waals surface area contributed by atoms with E-state index in [4.69, 9.17) is 0 Å². The van der Waals surface area contributed by atoms with Crippen molar-refractivity contribution in [1.29, 1.82) is 0 Å². The van der Waals surface area contributed by atoms with Crippen LogP contribution in [0.2, 0.25) is 0 Å². The van der Waals surface area contributed by atoms with E-state index in [2.05, 4.69) is 267 Å². The van der Waals surface area contributed by atoms with Gasteiger partial charge in [-0.1, -0.05) is 231 Å². The van der Waals surface area contributed by atoms with E-state index in [0.717, 1.165) is 0 Å². The SMILES string of the molecule is c1ccc2c(-c3ccc4cc(-c5ccc6c7ccccc7c7c8cc(-c9cc%10ccc(-c%11cccc%12ccccc%11%12)cc%10c%10ccccc9%10)ccc8c8ccccc8c7c6c5)c5ccccc5c4c3)cccc2c1. The largest absolute Gasteiger partial charge is 0.0616 e. The predicted molar refractivity (Wildman–Crippen MR) is 321 cm³/mol. The van der Waals surface area contributed by atoms with Gasteiger partial charge in [-0.25, -0.2) is 0 Å². The van der Waals surface area contributed by atoms with Crippen LogP contribution in [-0.2, 0) is 0 Å². The highest BCUT2D eigenvalue weighted by Crippen LogP contribution is 2.48. The van der Waals surface area contributed by atoms with E-state index in [1.807, 2.05) is 0 Å². The van der Waals surface area contributed by atoms with Crippen molar-refractivity contribution < 1.29 is 0 Å². The highest BCUT2D eigenvalue weighted by atomic mass is 14.2. The van der Waals surface area contributed by atoms with Crippen molar-refractivity contribution in [3.63, 3.8) is 0 Å². The molecule has 74 heavy (non-hydrogen) atoms. The summed E-state index contributed by atoms with van der Waals surface area (Å²) in [5, 5.41) is 27.9. The molecule has 0 saturated carbocycles. The first-order valence-electron chi connectivity index (χ1n) is 25.8. The fourth-order valence-electron chi connectivity index (χ4n) is 13.0. The van der Waals surface area contributed by atoms with Crippen LogP contribution in [0, 0.1) is 0 Å². The van der Waals surface area contributed by atoms with Crippen molar-refractivity contribution in [3.05, 3.63) is 267 Å². The molecule has 0 aromatic heterocycles. The second-order valence-electron chi connectivity index (χ2n) is 20.2. The van der Waals surface area contributed by atoms with E-state index in [9.17, 15) is 0 Å². The molecular formula is C74H44. The van der Waals surface area contributed by atoms with E-state index < -0.39 is 0 Å². The maximum atomic E-state index is 2.49. The molecule has 0 N–H and O–H groups in total. The first-order chi connectivity index (χ1) is 36.7. The van der Waals surface area contributed by atoms with Gasteiger partial charge in [-0.2, -0.15) is 0 Å². The third kappa shape index (κ3) is 6.09. The highest BCUT2D eigenvalue weighted by Gasteiger charge is 2.20. The van der Waals surface area contributed by atoms with E-state index in [0.29, 0.717) is 0 Å². The van der Waals surface area contributed by atoms with Gasteiger partial charge in [-0.15, -0.1) is 0 Å².